The van der Waals surface area contributed by atoms with Gasteiger partial charge in [0.2, 0.25) is 11.0 Å². The molecule has 2 nitrogen and oxygen atoms in total. The van der Waals surface area contributed by atoms with Crippen molar-refractivity contribution in [2.75, 3.05) is 0 Å². The van der Waals surface area contributed by atoms with E-state index < -0.39 is 0 Å². The first kappa shape index (κ1) is 12.2. The molecule has 19 heavy (non-hydrogen) atoms. The largest absolute Gasteiger partial charge is 1.00 e. The molecule has 0 fully saturated rings. The highest BCUT2D eigenvalue weighted by molar-refractivity contribution is 5.88. The second kappa shape index (κ2) is 4.07. The fourth-order valence-electron chi connectivity index (χ4n) is 3.00. The van der Waals surface area contributed by atoms with Crippen LogP contribution in [-0.2, 0) is 12.8 Å². The van der Waals surface area contributed by atoms with Crippen molar-refractivity contribution in [2.24, 2.45) is 0 Å². The van der Waals surface area contributed by atoms with E-state index in [1.54, 1.807) is 6.07 Å². The van der Waals surface area contributed by atoms with E-state index in [1.807, 2.05) is 22.7 Å². The molecule has 1 aliphatic carbocycles. The van der Waals surface area contributed by atoms with E-state index in [4.69, 9.17) is 0 Å². The SMILES string of the molecule is Oc1c2c3c(ccc[n+]3c3cccc(F)c13)CC2.[Cl-]. The quantitative estimate of drug-likeness (QED) is 0.435. The third kappa shape index (κ3) is 1.45. The van der Waals surface area contributed by atoms with Crippen LogP contribution in [0.3, 0.4) is 0 Å². The maximum atomic E-state index is 13.9. The topological polar surface area (TPSA) is 24.3 Å². The number of hydrogen-bond acceptors (Lipinski definition) is 1. The number of benzene rings is 1. The molecule has 0 aliphatic heterocycles. The van der Waals surface area contributed by atoms with Crippen molar-refractivity contribution in [1.82, 2.24) is 0 Å². The molecular formula is C15H11ClFNO. The lowest BCUT2D eigenvalue weighted by Gasteiger charge is -2.04. The molecule has 2 heterocycles. The van der Waals surface area contributed by atoms with Gasteiger partial charge in [-0.1, -0.05) is 6.07 Å². The minimum absolute atomic E-state index is 0. The Hall–Kier alpha value is -1.87. The van der Waals surface area contributed by atoms with Crippen molar-refractivity contribution in [3.63, 3.8) is 0 Å². The molecule has 0 spiro atoms. The summed E-state index contributed by atoms with van der Waals surface area (Å²) in [5.74, 6) is -0.263. The van der Waals surface area contributed by atoms with Crippen molar-refractivity contribution in [2.45, 2.75) is 12.8 Å². The van der Waals surface area contributed by atoms with Crippen LogP contribution in [-0.4, -0.2) is 5.11 Å². The van der Waals surface area contributed by atoms with Crippen LogP contribution in [0.15, 0.2) is 36.5 Å². The Bertz CT molecular complexity index is 811. The molecule has 96 valence electrons. The molecule has 0 radical (unpaired) electrons. The predicted molar refractivity (Wildman–Crippen MR) is 66.1 cm³/mol. The lowest BCUT2D eigenvalue weighted by atomic mass is 10.1. The molecule has 0 atom stereocenters. The minimum atomic E-state index is -0.368. The van der Waals surface area contributed by atoms with Crippen molar-refractivity contribution in [1.29, 1.82) is 0 Å². The van der Waals surface area contributed by atoms with Gasteiger partial charge in [-0.25, -0.2) is 4.39 Å². The summed E-state index contributed by atoms with van der Waals surface area (Å²) < 4.78 is 15.9. The molecule has 0 unspecified atom stereocenters. The van der Waals surface area contributed by atoms with E-state index in [0.29, 0.717) is 5.39 Å². The van der Waals surface area contributed by atoms with Gasteiger partial charge in [-0.05, 0) is 25.0 Å². The summed E-state index contributed by atoms with van der Waals surface area (Å²) in [5, 5.41) is 10.6. The van der Waals surface area contributed by atoms with Crippen LogP contribution in [0.1, 0.15) is 11.1 Å². The first-order valence-corrected chi connectivity index (χ1v) is 6.02. The molecule has 4 rings (SSSR count). The minimum Gasteiger partial charge on any atom is -1.00 e. The maximum absolute atomic E-state index is 13.9. The van der Waals surface area contributed by atoms with Gasteiger partial charge >= 0.3 is 0 Å². The van der Waals surface area contributed by atoms with Crippen molar-refractivity contribution < 1.29 is 26.3 Å². The number of rotatable bonds is 0. The molecule has 1 aromatic carbocycles. The highest BCUT2D eigenvalue weighted by Gasteiger charge is 2.28. The average Bonchev–Trinajstić information content (AvgIpc) is 2.81. The summed E-state index contributed by atoms with van der Waals surface area (Å²) in [7, 11) is 0. The Kier molecular flexibility index (Phi) is 2.61. The molecular weight excluding hydrogens is 265 g/mol. The lowest BCUT2D eigenvalue weighted by molar-refractivity contribution is -0.482. The number of fused-ring (bicyclic) bond motifs is 2. The monoisotopic (exact) mass is 275 g/mol. The fourth-order valence-corrected chi connectivity index (χ4v) is 3.00. The molecule has 2 aromatic heterocycles. The second-order valence-corrected chi connectivity index (χ2v) is 4.71. The molecule has 1 N–H and O–H groups in total. The summed E-state index contributed by atoms with van der Waals surface area (Å²) >= 11 is 0. The van der Waals surface area contributed by atoms with Gasteiger partial charge < -0.3 is 17.5 Å². The van der Waals surface area contributed by atoms with Crippen LogP contribution in [0.25, 0.3) is 16.4 Å². The Morgan fingerprint density at radius 3 is 2.79 bits per heavy atom. The molecule has 0 amide bonds. The molecule has 3 aromatic rings. The molecule has 0 saturated carbocycles. The van der Waals surface area contributed by atoms with Gasteiger partial charge in [-0.2, -0.15) is 4.40 Å². The molecule has 0 saturated heterocycles. The smallest absolute Gasteiger partial charge is 0.225 e. The van der Waals surface area contributed by atoms with Crippen LogP contribution >= 0.6 is 0 Å². The Morgan fingerprint density at radius 2 is 1.95 bits per heavy atom. The Labute approximate surface area is 115 Å². The Balaban J connectivity index is 0.00000110. The van der Waals surface area contributed by atoms with Gasteiger partial charge in [0, 0.05) is 17.7 Å². The van der Waals surface area contributed by atoms with Gasteiger partial charge in [0.25, 0.3) is 0 Å². The summed E-state index contributed by atoms with van der Waals surface area (Å²) in [6, 6.07) is 8.94. The first-order chi connectivity index (χ1) is 8.77. The second-order valence-electron chi connectivity index (χ2n) is 4.71. The van der Waals surface area contributed by atoms with Gasteiger partial charge in [-0.15, -0.1) is 0 Å². The van der Waals surface area contributed by atoms with Crippen molar-refractivity contribution in [3.8, 4) is 5.75 Å². The maximum Gasteiger partial charge on any atom is 0.225 e. The van der Waals surface area contributed by atoms with E-state index in [-0.39, 0.29) is 24.0 Å². The third-order valence-electron chi connectivity index (χ3n) is 3.78. The van der Waals surface area contributed by atoms with Crippen LogP contribution < -0.4 is 16.8 Å². The molecule has 1 aliphatic rings. The van der Waals surface area contributed by atoms with Gasteiger partial charge in [-0.3, -0.25) is 0 Å². The van der Waals surface area contributed by atoms with E-state index in [9.17, 15) is 9.50 Å². The van der Waals surface area contributed by atoms with Crippen LogP contribution in [0.4, 0.5) is 4.39 Å². The van der Waals surface area contributed by atoms with E-state index in [0.717, 1.165) is 29.4 Å². The fraction of sp³-hybridized carbons (Fsp3) is 0.133. The van der Waals surface area contributed by atoms with E-state index >= 15 is 0 Å². The lowest BCUT2D eigenvalue weighted by Crippen LogP contribution is -3.00. The summed E-state index contributed by atoms with van der Waals surface area (Å²) in [4.78, 5) is 0. The van der Waals surface area contributed by atoms with Gasteiger partial charge in [0.15, 0.2) is 6.20 Å². The van der Waals surface area contributed by atoms with E-state index in [1.165, 1.54) is 11.6 Å². The summed E-state index contributed by atoms with van der Waals surface area (Å²) in [6.45, 7) is 0. The number of halogens is 2. The third-order valence-corrected chi connectivity index (χ3v) is 3.78. The standard InChI is InChI=1S/C15H10FNO.ClH/c16-11-4-1-5-12-13(11)15(18)10-7-6-9-3-2-8-17(12)14(9)10;/h1-5,8H,6-7H2;1H. The molecule has 4 heteroatoms. The Morgan fingerprint density at radius 1 is 1.11 bits per heavy atom. The summed E-state index contributed by atoms with van der Waals surface area (Å²) in [5.41, 5.74) is 3.83. The van der Waals surface area contributed by atoms with Crippen molar-refractivity contribution >= 4 is 16.4 Å². The highest BCUT2D eigenvalue weighted by Crippen LogP contribution is 2.36. The van der Waals surface area contributed by atoms with Crippen LogP contribution in [0.2, 0.25) is 0 Å². The molecule has 0 bridgehead atoms. The number of nitrogens with zero attached hydrogens (tertiary/aromatic N) is 1. The first-order valence-electron chi connectivity index (χ1n) is 6.02. The zero-order valence-electron chi connectivity index (χ0n) is 10.0. The van der Waals surface area contributed by atoms with E-state index in [2.05, 4.69) is 6.07 Å². The number of aromatic hydroxyl groups is 1. The average molecular weight is 276 g/mol. The van der Waals surface area contributed by atoms with Crippen LogP contribution in [0.5, 0.6) is 5.75 Å². The number of hydrogen-bond donors (Lipinski definition) is 1. The number of pyridine rings is 2. The highest BCUT2D eigenvalue weighted by atomic mass is 35.5. The van der Waals surface area contributed by atoms with Crippen molar-refractivity contribution in [3.05, 3.63) is 53.5 Å². The number of aryl methyl sites for hydroxylation is 2. The number of aromatic nitrogens is 1. The van der Waals surface area contributed by atoms with Crippen LogP contribution in [0, 0.1) is 5.82 Å². The summed E-state index contributed by atoms with van der Waals surface area (Å²) in [6.07, 6.45) is 3.61. The zero-order chi connectivity index (χ0) is 12.3. The van der Waals surface area contributed by atoms with Gasteiger partial charge in [0.05, 0.1) is 5.56 Å². The zero-order valence-corrected chi connectivity index (χ0v) is 10.8. The predicted octanol–water partition coefficient (Wildman–Crippen LogP) is -0.474. The normalized spacial score (nSPS) is 12.9. The van der Waals surface area contributed by atoms with Gasteiger partial charge in [0.1, 0.15) is 17.0 Å².